The molecule has 0 aromatic heterocycles. The topological polar surface area (TPSA) is 78.9 Å². The molecule has 1 aliphatic rings. The van der Waals surface area contributed by atoms with E-state index in [0.717, 1.165) is 31.5 Å². The lowest BCUT2D eigenvalue weighted by atomic mass is 10.1. The van der Waals surface area contributed by atoms with Gasteiger partial charge in [-0.3, -0.25) is 0 Å². The van der Waals surface area contributed by atoms with Crippen LogP contribution in [-0.4, -0.2) is 35.5 Å². The maximum Gasteiger partial charge on any atom is 0.409 e. The van der Waals surface area contributed by atoms with E-state index in [0.29, 0.717) is 0 Å². The molecule has 0 unspecified atom stereocenters. The van der Waals surface area contributed by atoms with E-state index in [4.69, 9.17) is 9.84 Å². The number of alkyl carbamates (subject to hydrolysis) is 1. The van der Waals surface area contributed by atoms with Crippen molar-refractivity contribution < 1.29 is 19.4 Å². The van der Waals surface area contributed by atoms with Gasteiger partial charge in [0, 0.05) is 12.2 Å². The average molecular weight is 320 g/mol. The number of hydrogen-bond acceptors (Lipinski definition) is 4. The summed E-state index contributed by atoms with van der Waals surface area (Å²) in [5.41, 5.74) is 0.616. The van der Waals surface area contributed by atoms with Gasteiger partial charge in [0.2, 0.25) is 0 Å². The standard InChI is InChI=1S/C17H24N2O4/c1-17(2,3)23-16(22)18-14-6-4-5-11-19(14)13-9-7-12(8-10-13)15(20)21/h7-10,14H,4-6,11H2,1-3H3,(H,18,22)(H,20,21)/t14-/m0/s1. The molecule has 126 valence electrons. The predicted octanol–water partition coefficient (Wildman–Crippen LogP) is 3.23. The number of carbonyl (C=O) groups is 2. The smallest absolute Gasteiger partial charge is 0.409 e. The van der Waals surface area contributed by atoms with Crippen LogP contribution in [0.5, 0.6) is 0 Å². The van der Waals surface area contributed by atoms with Gasteiger partial charge in [-0.15, -0.1) is 0 Å². The van der Waals surface area contributed by atoms with Crippen molar-refractivity contribution in [2.24, 2.45) is 0 Å². The van der Waals surface area contributed by atoms with Gasteiger partial charge >= 0.3 is 12.1 Å². The number of benzene rings is 1. The first-order valence-electron chi connectivity index (χ1n) is 7.86. The maximum atomic E-state index is 12.0. The van der Waals surface area contributed by atoms with E-state index in [-0.39, 0.29) is 11.7 Å². The molecule has 2 rings (SSSR count). The number of aromatic carboxylic acids is 1. The molecule has 1 aromatic rings. The third-order valence-electron chi connectivity index (χ3n) is 3.63. The van der Waals surface area contributed by atoms with E-state index >= 15 is 0 Å². The van der Waals surface area contributed by atoms with Crippen molar-refractivity contribution in [1.29, 1.82) is 0 Å². The van der Waals surface area contributed by atoms with Gasteiger partial charge in [-0.2, -0.15) is 0 Å². The second kappa shape index (κ2) is 6.89. The third-order valence-corrected chi connectivity index (χ3v) is 3.63. The summed E-state index contributed by atoms with van der Waals surface area (Å²) >= 11 is 0. The van der Waals surface area contributed by atoms with Crippen molar-refractivity contribution in [3.05, 3.63) is 29.8 Å². The second-order valence-corrected chi connectivity index (χ2v) is 6.70. The first-order valence-corrected chi connectivity index (χ1v) is 7.86. The molecule has 0 spiro atoms. The quantitative estimate of drug-likeness (QED) is 0.894. The minimum atomic E-state index is -0.946. The van der Waals surface area contributed by atoms with Crippen LogP contribution in [0.3, 0.4) is 0 Å². The Morgan fingerprint density at radius 3 is 2.43 bits per heavy atom. The molecule has 1 atom stereocenters. The van der Waals surface area contributed by atoms with E-state index in [1.165, 1.54) is 0 Å². The highest BCUT2D eigenvalue weighted by atomic mass is 16.6. The normalized spacial score (nSPS) is 18.4. The summed E-state index contributed by atoms with van der Waals surface area (Å²) < 4.78 is 5.32. The predicted molar refractivity (Wildman–Crippen MR) is 87.8 cm³/mol. The van der Waals surface area contributed by atoms with Gasteiger partial charge in [-0.1, -0.05) is 0 Å². The molecule has 1 saturated heterocycles. The van der Waals surface area contributed by atoms with Crippen molar-refractivity contribution in [2.75, 3.05) is 11.4 Å². The Bertz CT molecular complexity index is 563. The van der Waals surface area contributed by atoms with E-state index in [1.54, 1.807) is 24.3 Å². The fourth-order valence-electron chi connectivity index (χ4n) is 2.63. The van der Waals surface area contributed by atoms with Crippen LogP contribution in [0.2, 0.25) is 0 Å². The van der Waals surface area contributed by atoms with Crippen LogP contribution in [0.15, 0.2) is 24.3 Å². The van der Waals surface area contributed by atoms with Crippen molar-refractivity contribution in [3.63, 3.8) is 0 Å². The van der Waals surface area contributed by atoms with Crippen LogP contribution in [0, 0.1) is 0 Å². The summed E-state index contributed by atoms with van der Waals surface area (Å²) in [5.74, 6) is -0.946. The molecule has 1 aliphatic heterocycles. The van der Waals surface area contributed by atoms with E-state index in [2.05, 4.69) is 10.2 Å². The van der Waals surface area contributed by atoms with Crippen molar-refractivity contribution in [2.45, 2.75) is 51.8 Å². The number of carbonyl (C=O) groups excluding carboxylic acids is 1. The Balaban J connectivity index is 2.08. The van der Waals surface area contributed by atoms with Gasteiger partial charge in [-0.25, -0.2) is 9.59 Å². The molecule has 1 aromatic carbocycles. The average Bonchev–Trinajstić information content (AvgIpc) is 2.46. The van der Waals surface area contributed by atoms with Crippen LogP contribution >= 0.6 is 0 Å². The number of nitrogens with one attached hydrogen (secondary N) is 1. The van der Waals surface area contributed by atoms with Gasteiger partial charge in [-0.05, 0) is 64.3 Å². The van der Waals surface area contributed by atoms with Crippen molar-refractivity contribution in [1.82, 2.24) is 5.32 Å². The molecule has 6 heteroatoms. The lowest BCUT2D eigenvalue weighted by Crippen LogP contribution is -2.52. The molecular formula is C17H24N2O4. The number of nitrogens with zero attached hydrogens (tertiary/aromatic N) is 1. The molecule has 1 heterocycles. The summed E-state index contributed by atoms with van der Waals surface area (Å²) in [6.07, 6.45) is 2.32. The van der Waals surface area contributed by atoms with Gasteiger partial charge in [0.1, 0.15) is 11.8 Å². The van der Waals surface area contributed by atoms with Gasteiger partial charge in [0.05, 0.1) is 5.56 Å². The summed E-state index contributed by atoms with van der Waals surface area (Å²) in [5, 5.41) is 11.9. The monoisotopic (exact) mass is 320 g/mol. The SMILES string of the molecule is CC(C)(C)OC(=O)N[C@@H]1CCCCN1c1ccc(C(=O)O)cc1. The van der Waals surface area contributed by atoms with Crippen molar-refractivity contribution in [3.8, 4) is 0 Å². The van der Waals surface area contributed by atoms with E-state index < -0.39 is 17.7 Å². The molecule has 23 heavy (non-hydrogen) atoms. The zero-order valence-corrected chi connectivity index (χ0v) is 13.8. The first-order chi connectivity index (χ1) is 10.8. The number of carboxylic acids is 1. The number of carboxylic acid groups (broad SMARTS) is 1. The van der Waals surface area contributed by atoms with E-state index in [9.17, 15) is 9.59 Å². The highest BCUT2D eigenvalue weighted by Crippen LogP contribution is 2.24. The Kier molecular flexibility index (Phi) is 5.13. The zero-order valence-electron chi connectivity index (χ0n) is 13.8. The van der Waals surface area contributed by atoms with Crippen molar-refractivity contribution >= 4 is 17.7 Å². The number of amides is 1. The highest BCUT2D eigenvalue weighted by molar-refractivity contribution is 5.88. The summed E-state index contributed by atoms with van der Waals surface area (Å²) in [7, 11) is 0. The highest BCUT2D eigenvalue weighted by Gasteiger charge is 2.26. The van der Waals surface area contributed by atoms with Gasteiger partial charge in [0.15, 0.2) is 0 Å². The molecule has 2 N–H and O–H groups in total. The van der Waals surface area contributed by atoms with Crippen LogP contribution in [0.25, 0.3) is 0 Å². The summed E-state index contributed by atoms with van der Waals surface area (Å²) in [4.78, 5) is 25.0. The lowest BCUT2D eigenvalue weighted by molar-refractivity contribution is 0.0495. The van der Waals surface area contributed by atoms with Crippen LogP contribution in [0.4, 0.5) is 10.5 Å². The number of anilines is 1. The third kappa shape index (κ3) is 4.87. The Morgan fingerprint density at radius 1 is 1.22 bits per heavy atom. The molecule has 6 nitrogen and oxygen atoms in total. The van der Waals surface area contributed by atoms with Gasteiger partial charge < -0.3 is 20.1 Å². The fraction of sp³-hybridized carbons (Fsp3) is 0.529. The number of piperidine rings is 1. The molecule has 0 saturated carbocycles. The van der Waals surface area contributed by atoms with E-state index in [1.807, 2.05) is 20.8 Å². The van der Waals surface area contributed by atoms with Crippen LogP contribution in [-0.2, 0) is 4.74 Å². The molecule has 0 aliphatic carbocycles. The zero-order chi connectivity index (χ0) is 17.0. The molecule has 1 amide bonds. The Morgan fingerprint density at radius 2 is 1.87 bits per heavy atom. The summed E-state index contributed by atoms with van der Waals surface area (Å²) in [6.45, 7) is 6.30. The number of rotatable bonds is 3. The first kappa shape index (κ1) is 17.1. The van der Waals surface area contributed by atoms with Crippen LogP contribution in [0.1, 0.15) is 50.4 Å². The second-order valence-electron chi connectivity index (χ2n) is 6.70. The summed E-state index contributed by atoms with van der Waals surface area (Å²) in [6, 6.07) is 6.71. The Labute approximate surface area is 136 Å². The molecular weight excluding hydrogens is 296 g/mol. The molecule has 0 radical (unpaired) electrons. The lowest BCUT2D eigenvalue weighted by Gasteiger charge is -2.38. The van der Waals surface area contributed by atoms with Crippen LogP contribution < -0.4 is 10.2 Å². The number of hydrogen-bond donors (Lipinski definition) is 2. The fourth-order valence-corrected chi connectivity index (χ4v) is 2.63. The van der Waals surface area contributed by atoms with Gasteiger partial charge in [0.25, 0.3) is 0 Å². The number of ether oxygens (including phenoxy) is 1. The Hall–Kier alpha value is -2.24. The molecule has 0 bridgehead atoms. The minimum Gasteiger partial charge on any atom is -0.478 e. The maximum absolute atomic E-state index is 12.0. The molecule has 1 fully saturated rings. The minimum absolute atomic E-state index is 0.144. The largest absolute Gasteiger partial charge is 0.478 e.